The lowest BCUT2D eigenvalue weighted by molar-refractivity contribution is 0.363. The molecule has 2 N–H and O–H groups in total. The molecule has 6 nitrogen and oxygen atoms in total. The van der Waals surface area contributed by atoms with Gasteiger partial charge < -0.3 is 19.9 Å². The van der Waals surface area contributed by atoms with Crippen molar-refractivity contribution in [1.29, 1.82) is 0 Å². The number of anilines is 1. The Morgan fingerprint density at radius 2 is 2.07 bits per heavy atom. The fraction of sp³-hybridized carbons (Fsp3) is 0.105. The highest BCUT2D eigenvalue weighted by atomic mass is 35.5. The number of benzene rings is 2. The molecule has 0 aliphatic heterocycles. The number of halogens is 1. The zero-order valence-electron chi connectivity index (χ0n) is 14.3. The molecule has 0 saturated carbocycles. The van der Waals surface area contributed by atoms with Crippen LogP contribution in [0.4, 0.5) is 5.69 Å². The van der Waals surface area contributed by atoms with E-state index in [0.717, 1.165) is 17.0 Å². The van der Waals surface area contributed by atoms with Gasteiger partial charge in [0.2, 0.25) is 11.7 Å². The van der Waals surface area contributed by atoms with Gasteiger partial charge in [-0.1, -0.05) is 35.5 Å². The molecule has 0 radical (unpaired) electrons. The summed E-state index contributed by atoms with van der Waals surface area (Å²) in [5, 5.41) is 11.2. The average Bonchev–Trinajstić information content (AvgIpc) is 3.15. The standard InChI is InChI=1S/C19H17ClN4O2S/c1-2-10-25-16-5-3-4-15(11-16)22-19(27)21-12-17-23-18(24-26-17)13-6-8-14(20)9-7-13/h2-9,11H,1,10,12H2,(H2,21,22,27). The number of ether oxygens (including phenoxy) is 1. The summed E-state index contributed by atoms with van der Waals surface area (Å²) in [5.41, 5.74) is 1.63. The number of hydrogen-bond donors (Lipinski definition) is 2. The Balaban J connectivity index is 1.53. The highest BCUT2D eigenvalue weighted by Crippen LogP contribution is 2.19. The molecule has 1 heterocycles. The third-order valence-electron chi connectivity index (χ3n) is 3.43. The molecule has 138 valence electrons. The van der Waals surface area contributed by atoms with Gasteiger partial charge >= 0.3 is 0 Å². The van der Waals surface area contributed by atoms with Crippen molar-refractivity contribution >= 4 is 34.6 Å². The van der Waals surface area contributed by atoms with E-state index in [2.05, 4.69) is 27.4 Å². The summed E-state index contributed by atoms with van der Waals surface area (Å²) in [7, 11) is 0. The molecule has 27 heavy (non-hydrogen) atoms. The van der Waals surface area contributed by atoms with Crippen LogP contribution in [0.2, 0.25) is 5.02 Å². The Hall–Kier alpha value is -2.90. The summed E-state index contributed by atoms with van der Waals surface area (Å²) in [4.78, 5) is 4.34. The molecule has 3 aromatic rings. The minimum atomic E-state index is 0.305. The van der Waals surface area contributed by atoms with Gasteiger partial charge in [0.25, 0.3) is 0 Å². The molecule has 0 spiro atoms. The van der Waals surface area contributed by atoms with E-state index >= 15 is 0 Å². The number of nitrogens with zero attached hydrogens (tertiary/aromatic N) is 2. The van der Waals surface area contributed by atoms with Gasteiger partial charge in [0, 0.05) is 22.3 Å². The van der Waals surface area contributed by atoms with Crippen molar-refractivity contribution in [2.45, 2.75) is 6.54 Å². The summed E-state index contributed by atoms with van der Waals surface area (Å²) in [6.45, 7) is 4.38. The molecule has 0 bridgehead atoms. The quantitative estimate of drug-likeness (QED) is 0.448. The number of nitrogens with one attached hydrogen (secondary N) is 2. The smallest absolute Gasteiger partial charge is 0.246 e. The third kappa shape index (κ3) is 5.54. The minimum Gasteiger partial charge on any atom is -0.489 e. The van der Waals surface area contributed by atoms with E-state index < -0.39 is 0 Å². The number of hydrogen-bond acceptors (Lipinski definition) is 5. The van der Waals surface area contributed by atoms with Crippen LogP contribution in [0.3, 0.4) is 0 Å². The molecule has 8 heteroatoms. The molecule has 0 aliphatic carbocycles. The maximum Gasteiger partial charge on any atom is 0.246 e. The molecule has 0 aliphatic rings. The molecule has 0 fully saturated rings. The summed E-state index contributed by atoms with van der Waals surface area (Å²) < 4.78 is 10.7. The maximum atomic E-state index is 5.88. The van der Waals surface area contributed by atoms with E-state index in [9.17, 15) is 0 Å². The summed E-state index contributed by atoms with van der Waals surface area (Å²) in [6.07, 6.45) is 1.69. The van der Waals surface area contributed by atoms with Crippen molar-refractivity contribution in [3.05, 3.63) is 72.1 Å². The van der Waals surface area contributed by atoms with Crippen molar-refractivity contribution < 1.29 is 9.26 Å². The van der Waals surface area contributed by atoms with E-state index in [1.165, 1.54) is 0 Å². The zero-order valence-corrected chi connectivity index (χ0v) is 15.9. The van der Waals surface area contributed by atoms with Gasteiger partial charge in [0.15, 0.2) is 5.11 Å². The van der Waals surface area contributed by atoms with Gasteiger partial charge in [-0.25, -0.2) is 0 Å². The van der Waals surface area contributed by atoms with Gasteiger partial charge in [-0.05, 0) is 48.6 Å². The first-order valence-corrected chi connectivity index (χ1v) is 8.90. The topological polar surface area (TPSA) is 72.2 Å². The van der Waals surface area contributed by atoms with Crippen LogP contribution in [0.5, 0.6) is 5.75 Å². The van der Waals surface area contributed by atoms with Gasteiger partial charge in [-0.15, -0.1) is 0 Å². The van der Waals surface area contributed by atoms with Crippen LogP contribution in [0.1, 0.15) is 5.89 Å². The SMILES string of the molecule is C=CCOc1cccc(NC(=S)NCc2nc(-c3ccc(Cl)cc3)no2)c1. The third-order valence-corrected chi connectivity index (χ3v) is 3.93. The van der Waals surface area contributed by atoms with Gasteiger partial charge in [0.1, 0.15) is 12.4 Å². The molecule has 0 amide bonds. The Kier molecular flexibility index (Phi) is 6.40. The second kappa shape index (κ2) is 9.16. The summed E-state index contributed by atoms with van der Waals surface area (Å²) >= 11 is 11.2. The van der Waals surface area contributed by atoms with Crippen molar-refractivity contribution in [3.8, 4) is 17.1 Å². The van der Waals surface area contributed by atoms with Crippen molar-refractivity contribution in [2.75, 3.05) is 11.9 Å². The molecule has 2 aromatic carbocycles. The van der Waals surface area contributed by atoms with Crippen LogP contribution in [-0.4, -0.2) is 21.9 Å². The van der Waals surface area contributed by atoms with Gasteiger partial charge in [-0.2, -0.15) is 4.98 Å². The Labute approximate surface area is 167 Å². The van der Waals surface area contributed by atoms with Crippen LogP contribution >= 0.6 is 23.8 Å². The van der Waals surface area contributed by atoms with E-state index in [1.54, 1.807) is 18.2 Å². The van der Waals surface area contributed by atoms with Gasteiger partial charge in [0.05, 0.1) is 6.54 Å². The predicted molar refractivity (Wildman–Crippen MR) is 110 cm³/mol. The largest absolute Gasteiger partial charge is 0.489 e. The summed E-state index contributed by atoms with van der Waals surface area (Å²) in [6, 6.07) is 14.7. The van der Waals surface area contributed by atoms with Crippen LogP contribution in [-0.2, 0) is 6.54 Å². The monoisotopic (exact) mass is 400 g/mol. The number of rotatable bonds is 7. The number of aromatic nitrogens is 2. The van der Waals surface area contributed by atoms with Crippen molar-refractivity contribution in [2.24, 2.45) is 0 Å². The first-order chi connectivity index (χ1) is 13.1. The molecule has 0 atom stereocenters. The normalized spacial score (nSPS) is 10.3. The minimum absolute atomic E-state index is 0.305. The second-order valence-corrected chi connectivity index (χ2v) is 6.30. The van der Waals surface area contributed by atoms with Crippen molar-refractivity contribution in [1.82, 2.24) is 15.5 Å². The number of thiocarbonyl (C=S) groups is 1. The highest BCUT2D eigenvalue weighted by Gasteiger charge is 2.09. The van der Waals surface area contributed by atoms with Crippen LogP contribution in [0.25, 0.3) is 11.4 Å². The van der Waals surface area contributed by atoms with Crippen LogP contribution in [0, 0.1) is 0 Å². The molecule has 0 saturated heterocycles. The first-order valence-electron chi connectivity index (χ1n) is 8.11. The molecule has 3 rings (SSSR count). The lowest BCUT2D eigenvalue weighted by Crippen LogP contribution is -2.28. The average molecular weight is 401 g/mol. The molecular formula is C19H17ClN4O2S. The van der Waals surface area contributed by atoms with E-state index in [4.69, 9.17) is 33.1 Å². The van der Waals surface area contributed by atoms with E-state index in [-0.39, 0.29) is 0 Å². The first kappa shape index (κ1) is 18.9. The fourth-order valence-electron chi connectivity index (χ4n) is 2.19. The van der Waals surface area contributed by atoms with E-state index in [0.29, 0.717) is 35.0 Å². The van der Waals surface area contributed by atoms with Crippen LogP contribution < -0.4 is 15.4 Å². The lowest BCUT2D eigenvalue weighted by atomic mass is 10.2. The molecular weight excluding hydrogens is 384 g/mol. The maximum absolute atomic E-state index is 5.88. The molecule has 0 unspecified atom stereocenters. The Bertz CT molecular complexity index is 927. The highest BCUT2D eigenvalue weighted by molar-refractivity contribution is 7.80. The predicted octanol–water partition coefficient (Wildman–Crippen LogP) is 4.44. The second-order valence-electron chi connectivity index (χ2n) is 5.45. The molecule has 1 aromatic heterocycles. The van der Waals surface area contributed by atoms with Gasteiger partial charge in [-0.3, -0.25) is 0 Å². The lowest BCUT2D eigenvalue weighted by Gasteiger charge is -2.10. The summed E-state index contributed by atoms with van der Waals surface area (Å²) in [5.74, 6) is 1.65. The fourth-order valence-corrected chi connectivity index (χ4v) is 2.51. The van der Waals surface area contributed by atoms with Crippen LogP contribution in [0.15, 0.2) is 65.7 Å². The Morgan fingerprint density at radius 3 is 2.85 bits per heavy atom. The Morgan fingerprint density at radius 1 is 1.26 bits per heavy atom. The zero-order chi connectivity index (χ0) is 19.1. The van der Waals surface area contributed by atoms with E-state index in [1.807, 2.05) is 36.4 Å². The van der Waals surface area contributed by atoms with Crippen molar-refractivity contribution in [3.63, 3.8) is 0 Å².